The smallest absolute Gasteiger partial charge is 0.243 e. The van der Waals surface area contributed by atoms with Gasteiger partial charge in [0, 0.05) is 37.1 Å². The molecule has 39 heavy (non-hydrogen) atoms. The fourth-order valence-corrected chi connectivity index (χ4v) is 7.26. The molecular formula is C25H32N4O8S2. The van der Waals surface area contributed by atoms with Crippen molar-refractivity contribution in [2.24, 2.45) is 0 Å². The van der Waals surface area contributed by atoms with Crippen LogP contribution in [0.2, 0.25) is 0 Å². The number of hydrogen-bond acceptors (Lipinski definition) is 10. The number of aromatic nitrogens is 1. The summed E-state index contributed by atoms with van der Waals surface area (Å²) in [6, 6.07) is 10.8. The van der Waals surface area contributed by atoms with Crippen LogP contribution in [0.15, 0.2) is 63.0 Å². The molecule has 0 saturated carbocycles. The molecule has 0 amide bonds. The van der Waals surface area contributed by atoms with Crippen molar-refractivity contribution in [3.05, 3.63) is 48.7 Å². The van der Waals surface area contributed by atoms with Gasteiger partial charge in [-0.25, -0.2) is 21.6 Å². The first-order valence-electron chi connectivity index (χ1n) is 12.7. The lowest BCUT2D eigenvalue weighted by molar-refractivity contribution is -0.0312. The van der Waals surface area contributed by atoms with Crippen LogP contribution in [-0.2, 0) is 24.8 Å². The number of piperidine rings is 1. The molecule has 2 aromatic carbocycles. The molecule has 3 aromatic rings. The molecule has 0 aliphatic carbocycles. The summed E-state index contributed by atoms with van der Waals surface area (Å²) in [7, 11) is -5.90. The second kappa shape index (κ2) is 11.1. The van der Waals surface area contributed by atoms with Crippen LogP contribution in [0.25, 0.3) is 11.0 Å². The van der Waals surface area contributed by atoms with E-state index in [1.807, 2.05) is 0 Å². The van der Waals surface area contributed by atoms with Gasteiger partial charge in [-0.05, 0) is 56.6 Å². The zero-order valence-electron chi connectivity index (χ0n) is 21.4. The molecule has 3 N–H and O–H groups in total. The third kappa shape index (κ3) is 6.11. The van der Waals surface area contributed by atoms with E-state index in [9.17, 15) is 21.9 Å². The molecule has 3 heterocycles. The number of nitrogens with one attached hydrogen (secondary N) is 2. The van der Waals surface area contributed by atoms with Crippen molar-refractivity contribution < 1.29 is 35.9 Å². The van der Waals surface area contributed by atoms with E-state index in [2.05, 4.69) is 15.2 Å². The van der Waals surface area contributed by atoms with Crippen LogP contribution in [0.1, 0.15) is 19.3 Å². The summed E-state index contributed by atoms with van der Waals surface area (Å²) in [5.41, 5.74) is 0.137. The zero-order chi connectivity index (χ0) is 27.7. The number of fused-ring (bicyclic) bond motifs is 1. The van der Waals surface area contributed by atoms with Crippen LogP contribution >= 0.6 is 0 Å². The number of rotatable bonds is 10. The summed E-state index contributed by atoms with van der Waals surface area (Å²) < 4.78 is 70.9. The topological polar surface area (TPSA) is 160 Å². The average molecular weight is 581 g/mol. The number of aliphatic hydroxyl groups is 1. The first-order valence-corrected chi connectivity index (χ1v) is 15.6. The molecule has 2 saturated heterocycles. The Morgan fingerprint density at radius 2 is 1.95 bits per heavy atom. The average Bonchev–Trinajstić information content (AvgIpc) is 3.58. The van der Waals surface area contributed by atoms with Crippen molar-refractivity contribution in [2.75, 3.05) is 39.9 Å². The quantitative estimate of drug-likeness (QED) is 0.317. The van der Waals surface area contributed by atoms with Gasteiger partial charge in [-0.3, -0.25) is 0 Å². The molecule has 2 fully saturated rings. The summed E-state index contributed by atoms with van der Waals surface area (Å²) in [4.78, 5) is 0.298. The van der Waals surface area contributed by atoms with Crippen LogP contribution in [0, 0.1) is 0 Å². The Morgan fingerprint density at radius 3 is 2.72 bits per heavy atom. The van der Waals surface area contributed by atoms with Crippen LogP contribution in [0.3, 0.4) is 0 Å². The molecule has 2 aliphatic rings. The molecule has 2 aliphatic heterocycles. The molecule has 5 rings (SSSR count). The fraction of sp³-hybridized carbons (Fsp3) is 0.480. The molecule has 12 nitrogen and oxygen atoms in total. The molecule has 14 heteroatoms. The summed E-state index contributed by atoms with van der Waals surface area (Å²) >= 11 is 0. The van der Waals surface area contributed by atoms with E-state index in [-0.39, 0.29) is 29.0 Å². The Labute approximate surface area is 227 Å². The van der Waals surface area contributed by atoms with Crippen molar-refractivity contribution in [1.82, 2.24) is 19.5 Å². The summed E-state index contributed by atoms with van der Waals surface area (Å²) in [5, 5.41) is 18.0. The van der Waals surface area contributed by atoms with Crippen LogP contribution in [-0.4, -0.2) is 89.0 Å². The highest BCUT2D eigenvalue weighted by molar-refractivity contribution is 7.89. The standard InChI is InChI=1S/C25H32N4O8S2/c1-26-38(31,32)22-4-2-3-21(12-22)35-17-20(30)15-27-19-13-25(36-16-19)7-9-29(10-8-25)39(33,34)23-5-6-24-18(11-23)14-28-37-24/h2-6,11-12,14,19-20,26-27,30H,7-10,13,15-17H2,1H3/t19?,20-/m0/s1. The highest BCUT2D eigenvalue weighted by atomic mass is 32.2. The van der Waals surface area contributed by atoms with E-state index in [1.54, 1.807) is 24.3 Å². The van der Waals surface area contributed by atoms with Gasteiger partial charge in [-0.15, -0.1) is 0 Å². The largest absolute Gasteiger partial charge is 0.491 e. The molecule has 1 unspecified atom stereocenters. The summed E-state index contributed by atoms with van der Waals surface area (Å²) in [6.07, 6.45) is 2.55. The summed E-state index contributed by atoms with van der Waals surface area (Å²) in [6.45, 7) is 1.44. The normalized spacial score (nSPS) is 20.9. The van der Waals surface area contributed by atoms with E-state index >= 15 is 0 Å². The number of benzene rings is 2. The van der Waals surface area contributed by atoms with Crippen molar-refractivity contribution in [3.8, 4) is 5.75 Å². The Kier molecular flexibility index (Phi) is 7.97. The number of sulfonamides is 2. The molecule has 1 aromatic heterocycles. The third-order valence-corrected chi connectivity index (χ3v) is 10.6. The Bertz CT molecular complexity index is 1520. The predicted octanol–water partition coefficient (Wildman–Crippen LogP) is 1.08. The second-order valence-corrected chi connectivity index (χ2v) is 13.7. The molecule has 0 radical (unpaired) electrons. The minimum Gasteiger partial charge on any atom is -0.491 e. The van der Waals surface area contributed by atoms with Crippen molar-refractivity contribution in [3.63, 3.8) is 0 Å². The maximum atomic E-state index is 13.2. The van der Waals surface area contributed by atoms with Gasteiger partial charge in [0.2, 0.25) is 20.0 Å². The van der Waals surface area contributed by atoms with Crippen LogP contribution in [0.5, 0.6) is 5.75 Å². The van der Waals surface area contributed by atoms with Gasteiger partial charge in [0.15, 0.2) is 5.58 Å². The Balaban J connectivity index is 1.08. The lowest BCUT2D eigenvalue weighted by Gasteiger charge is -2.38. The maximum Gasteiger partial charge on any atom is 0.243 e. The monoisotopic (exact) mass is 580 g/mol. The number of hydrogen-bond donors (Lipinski definition) is 3. The first kappa shape index (κ1) is 28.0. The molecule has 2 atom stereocenters. The summed E-state index contributed by atoms with van der Waals surface area (Å²) in [5.74, 6) is 0.344. The van der Waals surface area contributed by atoms with Crippen molar-refractivity contribution in [1.29, 1.82) is 0 Å². The van der Waals surface area contributed by atoms with Gasteiger partial charge < -0.3 is 24.4 Å². The van der Waals surface area contributed by atoms with Gasteiger partial charge in [-0.2, -0.15) is 4.31 Å². The van der Waals surface area contributed by atoms with Gasteiger partial charge in [0.25, 0.3) is 0 Å². The van der Waals surface area contributed by atoms with Gasteiger partial charge in [-0.1, -0.05) is 11.2 Å². The maximum absolute atomic E-state index is 13.2. The Morgan fingerprint density at radius 1 is 1.15 bits per heavy atom. The minimum absolute atomic E-state index is 0.0116. The predicted molar refractivity (Wildman–Crippen MR) is 141 cm³/mol. The number of aliphatic hydroxyl groups excluding tert-OH is 1. The van der Waals surface area contributed by atoms with E-state index in [4.69, 9.17) is 14.0 Å². The molecular weight excluding hydrogens is 548 g/mol. The third-order valence-electron chi connectivity index (χ3n) is 7.27. The fourth-order valence-electron chi connectivity index (χ4n) is 5.02. The van der Waals surface area contributed by atoms with Crippen LogP contribution < -0.4 is 14.8 Å². The SMILES string of the molecule is CNS(=O)(=O)c1cccc(OC[C@@H](O)CNC2COC3(CCN(S(=O)(=O)c4ccc5oncc5c4)CC3)C2)c1. The first-order chi connectivity index (χ1) is 18.6. The second-order valence-electron chi connectivity index (χ2n) is 9.88. The highest BCUT2D eigenvalue weighted by Gasteiger charge is 2.44. The molecule has 1 spiro atoms. The van der Waals surface area contributed by atoms with E-state index in [0.717, 1.165) is 0 Å². The highest BCUT2D eigenvalue weighted by Crippen LogP contribution is 2.37. The minimum atomic E-state index is -3.65. The number of nitrogens with zero attached hydrogens (tertiary/aromatic N) is 2. The van der Waals surface area contributed by atoms with E-state index in [1.165, 1.54) is 35.7 Å². The number of ether oxygens (including phenoxy) is 2. The molecule has 0 bridgehead atoms. The van der Waals surface area contributed by atoms with Gasteiger partial charge in [0.1, 0.15) is 18.5 Å². The Hall–Kier alpha value is -2.59. The van der Waals surface area contributed by atoms with Crippen LogP contribution in [0.4, 0.5) is 0 Å². The molecule has 212 valence electrons. The van der Waals surface area contributed by atoms with Crippen molar-refractivity contribution >= 4 is 31.0 Å². The van der Waals surface area contributed by atoms with Gasteiger partial charge in [0.05, 0.1) is 28.2 Å². The van der Waals surface area contributed by atoms with Crippen molar-refractivity contribution in [2.45, 2.75) is 46.8 Å². The van der Waals surface area contributed by atoms with E-state index < -0.39 is 31.8 Å². The lowest BCUT2D eigenvalue weighted by atomic mass is 9.88. The van der Waals surface area contributed by atoms with E-state index in [0.29, 0.717) is 55.7 Å². The van der Waals surface area contributed by atoms with Gasteiger partial charge >= 0.3 is 0 Å². The lowest BCUT2D eigenvalue weighted by Crippen LogP contribution is -2.47. The zero-order valence-corrected chi connectivity index (χ0v) is 23.1.